The molecule has 1 saturated heterocycles. The van der Waals surface area contributed by atoms with Gasteiger partial charge in [-0.15, -0.1) is 0 Å². The zero-order valence-corrected chi connectivity index (χ0v) is 15.5. The SMILES string of the molecule is CO[C@@H]1CCN(c2nc3ccc(F)cc3n2Cc2ccc(C#N)cn2)C[C@H]1N. The fourth-order valence-corrected chi connectivity index (χ4v) is 3.66. The molecule has 2 aromatic heterocycles. The maximum Gasteiger partial charge on any atom is 0.206 e. The van der Waals surface area contributed by atoms with Gasteiger partial charge in [0.05, 0.1) is 34.9 Å². The standard InChI is InChI=1S/C20H21FN6O/c1-28-19-6-7-26(12-16(19)23)20-25-17-5-3-14(21)8-18(17)27(20)11-15-4-2-13(9-22)10-24-15/h2-5,8,10,16,19H,6-7,11-12,23H2,1H3/t16-,19-/m1/s1. The number of nitrogens with two attached hydrogens (primary N) is 1. The minimum Gasteiger partial charge on any atom is -0.380 e. The van der Waals surface area contributed by atoms with Crippen molar-refractivity contribution in [3.05, 3.63) is 53.6 Å². The van der Waals surface area contributed by atoms with E-state index in [1.165, 1.54) is 18.3 Å². The van der Waals surface area contributed by atoms with Crippen LogP contribution in [0.2, 0.25) is 0 Å². The number of benzene rings is 1. The molecule has 0 aliphatic carbocycles. The summed E-state index contributed by atoms with van der Waals surface area (Å²) in [4.78, 5) is 11.2. The summed E-state index contributed by atoms with van der Waals surface area (Å²) >= 11 is 0. The molecule has 8 heteroatoms. The number of imidazole rings is 1. The first-order chi connectivity index (χ1) is 13.6. The number of methoxy groups -OCH3 is 1. The molecule has 7 nitrogen and oxygen atoms in total. The summed E-state index contributed by atoms with van der Waals surface area (Å²) in [7, 11) is 1.68. The van der Waals surface area contributed by atoms with Gasteiger partial charge >= 0.3 is 0 Å². The predicted molar refractivity (Wildman–Crippen MR) is 103 cm³/mol. The number of pyridine rings is 1. The number of hydrogen-bond donors (Lipinski definition) is 1. The number of halogens is 1. The lowest BCUT2D eigenvalue weighted by atomic mass is 10.0. The van der Waals surface area contributed by atoms with Gasteiger partial charge in [0.2, 0.25) is 5.95 Å². The van der Waals surface area contributed by atoms with Gasteiger partial charge in [0.15, 0.2) is 0 Å². The van der Waals surface area contributed by atoms with Gasteiger partial charge in [-0.2, -0.15) is 5.26 Å². The molecule has 2 atom stereocenters. The van der Waals surface area contributed by atoms with E-state index in [0.29, 0.717) is 29.7 Å². The second kappa shape index (κ2) is 7.54. The summed E-state index contributed by atoms with van der Waals surface area (Å²) in [6.45, 7) is 1.77. The van der Waals surface area contributed by atoms with Crippen LogP contribution in [0, 0.1) is 17.1 Å². The van der Waals surface area contributed by atoms with E-state index in [1.807, 2.05) is 4.57 Å². The smallest absolute Gasteiger partial charge is 0.206 e. The molecular formula is C20H21FN6O. The molecule has 3 aromatic rings. The van der Waals surface area contributed by atoms with Gasteiger partial charge in [-0.25, -0.2) is 9.37 Å². The molecule has 28 heavy (non-hydrogen) atoms. The van der Waals surface area contributed by atoms with Gasteiger partial charge in [0.1, 0.15) is 11.9 Å². The fraction of sp³-hybridized carbons (Fsp3) is 0.350. The Balaban J connectivity index is 1.73. The second-order valence-electron chi connectivity index (χ2n) is 6.95. The molecule has 1 aliphatic rings. The van der Waals surface area contributed by atoms with Crippen LogP contribution in [0.1, 0.15) is 17.7 Å². The number of hydrogen-bond acceptors (Lipinski definition) is 6. The Bertz CT molecular complexity index is 1030. The third-order valence-corrected chi connectivity index (χ3v) is 5.14. The fourth-order valence-electron chi connectivity index (χ4n) is 3.66. The third kappa shape index (κ3) is 3.42. The Morgan fingerprint density at radius 2 is 2.21 bits per heavy atom. The van der Waals surface area contributed by atoms with Crippen molar-refractivity contribution in [3.63, 3.8) is 0 Å². The maximum absolute atomic E-state index is 13.9. The van der Waals surface area contributed by atoms with Crippen LogP contribution in [0.4, 0.5) is 10.3 Å². The summed E-state index contributed by atoms with van der Waals surface area (Å²) in [5.74, 6) is 0.416. The van der Waals surface area contributed by atoms with Crippen molar-refractivity contribution in [2.45, 2.75) is 25.1 Å². The lowest BCUT2D eigenvalue weighted by molar-refractivity contribution is 0.0661. The minimum absolute atomic E-state index is 0.0201. The van der Waals surface area contributed by atoms with Crippen molar-refractivity contribution in [1.29, 1.82) is 5.26 Å². The molecular weight excluding hydrogens is 359 g/mol. The highest BCUT2D eigenvalue weighted by atomic mass is 19.1. The predicted octanol–water partition coefficient (Wildman–Crippen LogP) is 2.04. The van der Waals surface area contributed by atoms with E-state index in [-0.39, 0.29) is 18.0 Å². The van der Waals surface area contributed by atoms with Gasteiger partial charge < -0.3 is 19.9 Å². The highest BCUT2D eigenvalue weighted by Gasteiger charge is 2.29. The summed E-state index contributed by atoms with van der Waals surface area (Å²) in [6, 6.07) is 10.0. The van der Waals surface area contributed by atoms with E-state index in [2.05, 4.69) is 16.0 Å². The zero-order valence-electron chi connectivity index (χ0n) is 15.5. The summed E-state index contributed by atoms with van der Waals surface area (Å²) < 4.78 is 21.3. The lowest BCUT2D eigenvalue weighted by Gasteiger charge is -2.36. The van der Waals surface area contributed by atoms with Crippen LogP contribution in [0.3, 0.4) is 0 Å². The molecule has 0 unspecified atom stereocenters. The Morgan fingerprint density at radius 1 is 1.36 bits per heavy atom. The second-order valence-corrected chi connectivity index (χ2v) is 6.95. The molecule has 1 aliphatic heterocycles. The quantitative estimate of drug-likeness (QED) is 0.745. The van der Waals surface area contributed by atoms with E-state index in [9.17, 15) is 4.39 Å². The first-order valence-corrected chi connectivity index (χ1v) is 9.13. The van der Waals surface area contributed by atoms with Crippen LogP contribution in [-0.4, -0.2) is 46.9 Å². The van der Waals surface area contributed by atoms with E-state index in [4.69, 9.17) is 20.7 Å². The van der Waals surface area contributed by atoms with Crippen molar-refractivity contribution in [3.8, 4) is 6.07 Å². The first-order valence-electron chi connectivity index (χ1n) is 9.13. The molecule has 0 amide bonds. The van der Waals surface area contributed by atoms with E-state index in [0.717, 1.165) is 24.6 Å². The molecule has 3 heterocycles. The number of anilines is 1. The highest BCUT2D eigenvalue weighted by molar-refractivity contribution is 5.79. The molecule has 0 radical (unpaired) electrons. The number of ether oxygens (including phenoxy) is 1. The zero-order chi connectivity index (χ0) is 19.7. The van der Waals surface area contributed by atoms with Crippen LogP contribution >= 0.6 is 0 Å². The molecule has 2 N–H and O–H groups in total. The van der Waals surface area contributed by atoms with E-state index in [1.54, 1.807) is 25.3 Å². The van der Waals surface area contributed by atoms with Gasteiger partial charge in [0.25, 0.3) is 0 Å². The third-order valence-electron chi connectivity index (χ3n) is 5.14. The number of nitrogens with zero attached hydrogens (tertiary/aromatic N) is 5. The van der Waals surface area contributed by atoms with E-state index < -0.39 is 0 Å². The van der Waals surface area contributed by atoms with Crippen molar-refractivity contribution in [2.75, 3.05) is 25.1 Å². The molecule has 1 aromatic carbocycles. The topological polar surface area (TPSA) is 93.0 Å². The summed E-state index contributed by atoms with van der Waals surface area (Å²) in [6.07, 6.45) is 2.35. The Labute approximate surface area is 162 Å². The van der Waals surface area contributed by atoms with Gasteiger partial charge in [-0.3, -0.25) is 4.98 Å². The number of aromatic nitrogens is 3. The molecule has 4 rings (SSSR count). The molecule has 1 fully saturated rings. The number of fused-ring (bicyclic) bond motifs is 1. The highest BCUT2D eigenvalue weighted by Crippen LogP contribution is 2.27. The first kappa shape index (κ1) is 18.3. The Kier molecular flexibility index (Phi) is 4.94. The van der Waals surface area contributed by atoms with Crippen molar-refractivity contribution >= 4 is 17.0 Å². The van der Waals surface area contributed by atoms with E-state index >= 15 is 0 Å². The van der Waals surface area contributed by atoms with Crippen LogP contribution in [0.5, 0.6) is 0 Å². The van der Waals surface area contributed by atoms with Crippen LogP contribution in [-0.2, 0) is 11.3 Å². The van der Waals surface area contributed by atoms with Crippen molar-refractivity contribution < 1.29 is 9.13 Å². The van der Waals surface area contributed by atoms with Crippen LogP contribution in [0.15, 0.2) is 36.5 Å². The number of rotatable bonds is 4. The average molecular weight is 380 g/mol. The van der Waals surface area contributed by atoms with Crippen LogP contribution < -0.4 is 10.6 Å². The monoisotopic (exact) mass is 380 g/mol. The number of piperidine rings is 1. The lowest BCUT2D eigenvalue weighted by Crippen LogP contribution is -2.52. The van der Waals surface area contributed by atoms with Crippen molar-refractivity contribution in [1.82, 2.24) is 14.5 Å². The van der Waals surface area contributed by atoms with Crippen LogP contribution in [0.25, 0.3) is 11.0 Å². The molecule has 144 valence electrons. The average Bonchev–Trinajstić information content (AvgIpc) is 3.06. The Hall–Kier alpha value is -3.02. The largest absolute Gasteiger partial charge is 0.380 e. The Morgan fingerprint density at radius 3 is 2.89 bits per heavy atom. The maximum atomic E-state index is 13.9. The van der Waals surface area contributed by atoms with Gasteiger partial charge in [0, 0.05) is 32.4 Å². The summed E-state index contributed by atoms with van der Waals surface area (Å²) in [5.41, 5.74) is 8.94. The molecule has 0 bridgehead atoms. The van der Waals surface area contributed by atoms with Gasteiger partial charge in [-0.1, -0.05) is 0 Å². The molecule has 0 saturated carbocycles. The van der Waals surface area contributed by atoms with Gasteiger partial charge in [-0.05, 0) is 36.8 Å². The number of nitriles is 1. The van der Waals surface area contributed by atoms with Crippen molar-refractivity contribution in [2.24, 2.45) is 5.73 Å². The minimum atomic E-state index is -0.317. The molecule has 0 spiro atoms. The summed E-state index contributed by atoms with van der Waals surface area (Å²) in [5, 5.41) is 8.96. The normalized spacial score (nSPS) is 19.7.